The number of nitrogens with one attached hydrogen (secondary N) is 2. The first-order valence-electron chi connectivity index (χ1n) is 4.80. The van der Waals surface area contributed by atoms with Gasteiger partial charge in [0.2, 0.25) is 0 Å². The number of aromatic amines is 1. The van der Waals surface area contributed by atoms with Crippen molar-refractivity contribution in [1.29, 1.82) is 0 Å². The van der Waals surface area contributed by atoms with Gasteiger partial charge in [0.1, 0.15) is 0 Å². The van der Waals surface area contributed by atoms with Gasteiger partial charge in [-0.05, 0) is 19.1 Å². The number of hydrogen-bond acceptors (Lipinski definition) is 6. The molecule has 0 aromatic carbocycles. The van der Waals surface area contributed by atoms with Gasteiger partial charge in [-0.15, -0.1) is 10.2 Å². The molecule has 0 aliphatic carbocycles. The van der Waals surface area contributed by atoms with Gasteiger partial charge in [0.05, 0.1) is 13.2 Å². The molecule has 2 rings (SSSR count). The van der Waals surface area contributed by atoms with E-state index in [1.807, 2.05) is 19.1 Å². The Morgan fingerprint density at radius 3 is 3.06 bits per heavy atom. The molecule has 2 aromatic heterocycles. The fourth-order valence-electron chi connectivity index (χ4n) is 1.29. The van der Waals surface area contributed by atoms with Crippen LogP contribution >= 0.6 is 0 Å². The highest BCUT2D eigenvalue weighted by Gasteiger charge is 2.12. The first kappa shape index (κ1) is 10.3. The first-order valence-corrected chi connectivity index (χ1v) is 4.80. The zero-order valence-electron chi connectivity index (χ0n) is 9.01. The van der Waals surface area contributed by atoms with E-state index in [2.05, 4.69) is 30.9 Å². The van der Waals surface area contributed by atoms with Crippen LogP contribution in [0.4, 0.5) is 5.82 Å². The van der Waals surface area contributed by atoms with Crippen molar-refractivity contribution in [2.24, 2.45) is 0 Å². The topological polar surface area (TPSA) is 88.6 Å². The van der Waals surface area contributed by atoms with Crippen molar-refractivity contribution >= 4 is 5.82 Å². The van der Waals surface area contributed by atoms with Crippen LogP contribution in [-0.2, 0) is 0 Å². The maximum atomic E-state index is 5.17. The van der Waals surface area contributed by atoms with E-state index in [9.17, 15) is 0 Å². The average Bonchev–Trinajstić information content (AvgIpc) is 2.83. The van der Waals surface area contributed by atoms with Crippen molar-refractivity contribution in [3.8, 4) is 5.75 Å². The highest BCUT2D eigenvalue weighted by molar-refractivity contribution is 5.50. The van der Waals surface area contributed by atoms with Gasteiger partial charge >= 0.3 is 0 Å². The Morgan fingerprint density at radius 2 is 2.38 bits per heavy atom. The largest absolute Gasteiger partial charge is 0.493 e. The summed E-state index contributed by atoms with van der Waals surface area (Å²) in [6.45, 7) is 1.92. The average molecular weight is 220 g/mol. The molecule has 1 unspecified atom stereocenters. The maximum Gasteiger partial charge on any atom is 0.196 e. The van der Waals surface area contributed by atoms with Crippen LogP contribution in [0.15, 0.2) is 18.3 Å². The molecule has 0 saturated heterocycles. The summed E-state index contributed by atoms with van der Waals surface area (Å²) in [4.78, 5) is 4.18. The molecule has 2 N–H and O–H groups in total. The number of aromatic nitrogens is 5. The molecule has 1 atom stereocenters. The van der Waals surface area contributed by atoms with Crippen molar-refractivity contribution < 1.29 is 4.74 Å². The SMILES string of the molecule is COc1cccnc1NC(C)c1nn[nH]n1. The summed E-state index contributed by atoms with van der Waals surface area (Å²) in [6.07, 6.45) is 1.69. The van der Waals surface area contributed by atoms with Crippen LogP contribution in [0.3, 0.4) is 0 Å². The van der Waals surface area contributed by atoms with Crippen molar-refractivity contribution in [3.05, 3.63) is 24.2 Å². The Labute approximate surface area is 92.2 Å². The molecule has 84 valence electrons. The number of hydrogen-bond donors (Lipinski definition) is 2. The van der Waals surface area contributed by atoms with Crippen LogP contribution in [0.5, 0.6) is 5.75 Å². The van der Waals surface area contributed by atoms with Gasteiger partial charge in [0.25, 0.3) is 0 Å². The van der Waals surface area contributed by atoms with Gasteiger partial charge in [-0.3, -0.25) is 0 Å². The second kappa shape index (κ2) is 4.56. The zero-order chi connectivity index (χ0) is 11.4. The molecule has 0 aliphatic rings. The van der Waals surface area contributed by atoms with E-state index in [0.29, 0.717) is 17.4 Å². The highest BCUT2D eigenvalue weighted by Crippen LogP contribution is 2.23. The molecule has 0 fully saturated rings. The number of pyridine rings is 1. The molecule has 0 bridgehead atoms. The number of H-pyrrole nitrogens is 1. The van der Waals surface area contributed by atoms with Crippen molar-refractivity contribution in [1.82, 2.24) is 25.6 Å². The van der Waals surface area contributed by atoms with Crippen molar-refractivity contribution in [2.75, 3.05) is 12.4 Å². The molecule has 0 spiro atoms. The molecule has 16 heavy (non-hydrogen) atoms. The van der Waals surface area contributed by atoms with Crippen LogP contribution in [0, 0.1) is 0 Å². The molecular weight excluding hydrogens is 208 g/mol. The molecule has 7 nitrogen and oxygen atoms in total. The minimum Gasteiger partial charge on any atom is -0.493 e. The molecular formula is C9H12N6O. The number of rotatable bonds is 4. The van der Waals surface area contributed by atoms with Gasteiger partial charge in [-0.25, -0.2) is 4.98 Å². The van der Waals surface area contributed by atoms with Crippen molar-refractivity contribution in [2.45, 2.75) is 13.0 Å². The Hall–Kier alpha value is -2.18. The number of ether oxygens (including phenoxy) is 1. The van der Waals surface area contributed by atoms with E-state index in [-0.39, 0.29) is 6.04 Å². The number of nitrogens with zero attached hydrogens (tertiary/aromatic N) is 4. The van der Waals surface area contributed by atoms with Gasteiger partial charge in [-0.1, -0.05) is 5.21 Å². The summed E-state index contributed by atoms with van der Waals surface area (Å²) in [7, 11) is 1.60. The highest BCUT2D eigenvalue weighted by atomic mass is 16.5. The van der Waals surface area contributed by atoms with Gasteiger partial charge in [-0.2, -0.15) is 5.21 Å². The first-order chi connectivity index (χ1) is 7.81. The minimum absolute atomic E-state index is 0.0949. The smallest absolute Gasteiger partial charge is 0.196 e. The Morgan fingerprint density at radius 1 is 1.50 bits per heavy atom. The molecule has 2 heterocycles. The summed E-state index contributed by atoms with van der Waals surface area (Å²) in [5.41, 5.74) is 0. The number of tetrazole rings is 1. The van der Waals surface area contributed by atoms with Gasteiger partial charge in [0, 0.05) is 6.20 Å². The van der Waals surface area contributed by atoms with E-state index < -0.39 is 0 Å². The lowest BCUT2D eigenvalue weighted by Gasteiger charge is -2.13. The monoisotopic (exact) mass is 220 g/mol. The fourth-order valence-corrected chi connectivity index (χ4v) is 1.29. The predicted octanol–water partition coefficient (Wildman–Crippen LogP) is 0.776. The Kier molecular flexibility index (Phi) is 2.95. The maximum absolute atomic E-state index is 5.17. The molecule has 0 amide bonds. The van der Waals surface area contributed by atoms with E-state index in [0.717, 1.165) is 0 Å². The molecule has 0 aliphatic heterocycles. The quantitative estimate of drug-likeness (QED) is 0.791. The van der Waals surface area contributed by atoms with E-state index in [1.165, 1.54) is 0 Å². The minimum atomic E-state index is -0.0949. The standard InChI is InChI=1S/C9H12N6O/c1-6(8-12-14-15-13-8)11-9-7(16-2)4-3-5-10-9/h3-6H,1-2H3,(H,10,11)(H,12,13,14,15). The molecule has 7 heteroatoms. The predicted molar refractivity (Wildman–Crippen MR) is 57.0 cm³/mol. The summed E-state index contributed by atoms with van der Waals surface area (Å²) < 4.78 is 5.17. The molecule has 0 radical (unpaired) electrons. The van der Waals surface area contributed by atoms with Crippen LogP contribution < -0.4 is 10.1 Å². The van der Waals surface area contributed by atoms with Crippen molar-refractivity contribution in [3.63, 3.8) is 0 Å². The second-order valence-electron chi connectivity index (χ2n) is 3.19. The lowest BCUT2D eigenvalue weighted by atomic mass is 10.3. The summed E-state index contributed by atoms with van der Waals surface area (Å²) in [6, 6.07) is 3.55. The summed E-state index contributed by atoms with van der Waals surface area (Å²) in [5.74, 6) is 1.91. The zero-order valence-corrected chi connectivity index (χ0v) is 9.01. The molecule has 0 saturated carbocycles. The van der Waals surface area contributed by atoms with Gasteiger partial charge < -0.3 is 10.1 Å². The second-order valence-corrected chi connectivity index (χ2v) is 3.19. The van der Waals surface area contributed by atoms with Crippen LogP contribution in [0.25, 0.3) is 0 Å². The van der Waals surface area contributed by atoms with Crippen LogP contribution in [-0.4, -0.2) is 32.7 Å². The van der Waals surface area contributed by atoms with Crippen LogP contribution in [0.2, 0.25) is 0 Å². The van der Waals surface area contributed by atoms with E-state index in [1.54, 1.807) is 13.3 Å². The number of methoxy groups -OCH3 is 1. The fraction of sp³-hybridized carbons (Fsp3) is 0.333. The normalized spacial score (nSPS) is 12.1. The molecule has 2 aromatic rings. The van der Waals surface area contributed by atoms with Crippen LogP contribution in [0.1, 0.15) is 18.8 Å². The third-order valence-electron chi connectivity index (χ3n) is 2.09. The third kappa shape index (κ3) is 2.08. The number of anilines is 1. The van der Waals surface area contributed by atoms with E-state index in [4.69, 9.17) is 4.74 Å². The Balaban J connectivity index is 2.14. The lowest BCUT2D eigenvalue weighted by Crippen LogP contribution is -2.10. The lowest BCUT2D eigenvalue weighted by molar-refractivity contribution is 0.414. The summed E-state index contributed by atoms with van der Waals surface area (Å²) >= 11 is 0. The van der Waals surface area contributed by atoms with Gasteiger partial charge in [0.15, 0.2) is 17.4 Å². The summed E-state index contributed by atoms with van der Waals surface area (Å²) in [5, 5.41) is 16.8. The van der Waals surface area contributed by atoms with E-state index >= 15 is 0 Å². The Bertz CT molecular complexity index is 443. The third-order valence-corrected chi connectivity index (χ3v) is 2.09.